The second kappa shape index (κ2) is 8.67. The molecule has 0 aromatic heterocycles. The van der Waals surface area contributed by atoms with Gasteiger partial charge in [0.2, 0.25) is 5.91 Å². The molecule has 144 valence electrons. The quantitative estimate of drug-likeness (QED) is 0.792. The monoisotopic (exact) mass is 386 g/mol. The van der Waals surface area contributed by atoms with E-state index >= 15 is 0 Å². The first-order valence-electron chi connectivity index (χ1n) is 9.23. The van der Waals surface area contributed by atoms with Crippen LogP contribution in [0.2, 0.25) is 0 Å². The largest absolute Gasteiger partial charge is 0.341 e. The number of carbonyl (C=O) groups is 1. The molecule has 1 saturated heterocycles. The van der Waals surface area contributed by atoms with Crippen molar-refractivity contribution in [3.8, 4) is 0 Å². The first kappa shape index (κ1) is 19.6. The Morgan fingerprint density at radius 2 is 1.74 bits per heavy atom. The van der Waals surface area contributed by atoms with Gasteiger partial charge in [-0.05, 0) is 24.0 Å². The van der Waals surface area contributed by atoms with Crippen molar-refractivity contribution in [1.29, 1.82) is 0 Å². The summed E-state index contributed by atoms with van der Waals surface area (Å²) in [4.78, 5) is 14.2. The van der Waals surface area contributed by atoms with Crippen molar-refractivity contribution in [2.24, 2.45) is 0 Å². The van der Waals surface area contributed by atoms with E-state index in [-0.39, 0.29) is 36.0 Å². The molecule has 1 fully saturated rings. The van der Waals surface area contributed by atoms with Crippen molar-refractivity contribution in [1.82, 2.24) is 10.2 Å². The molecular formula is C21H26N2O3S. The van der Waals surface area contributed by atoms with Crippen LogP contribution in [-0.4, -0.2) is 50.4 Å². The van der Waals surface area contributed by atoms with Crippen molar-refractivity contribution < 1.29 is 13.2 Å². The number of carbonyl (C=O) groups excluding carboxylic acids is 1. The van der Waals surface area contributed by atoms with Crippen LogP contribution in [0.4, 0.5) is 0 Å². The van der Waals surface area contributed by atoms with Crippen LogP contribution in [0.15, 0.2) is 60.7 Å². The highest BCUT2D eigenvalue weighted by Crippen LogP contribution is 2.19. The van der Waals surface area contributed by atoms with Crippen LogP contribution in [0.1, 0.15) is 23.6 Å². The zero-order valence-electron chi connectivity index (χ0n) is 15.5. The number of hydrogen-bond acceptors (Lipinski definition) is 4. The number of amides is 1. The number of hydrogen-bond donors (Lipinski definition) is 1. The van der Waals surface area contributed by atoms with E-state index in [9.17, 15) is 13.2 Å². The second-order valence-electron chi connectivity index (χ2n) is 7.10. The first-order chi connectivity index (χ1) is 12.9. The third-order valence-electron chi connectivity index (χ3n) is 5.13. The van der Waals surface area contributed by atoms with E-state index in [0.29, 0.717) is 6.42 Å². The molecule has 2 aromatic carbocycles. The smallest absolute Gasteiger partial charge is 0.236 e. The van der Waals surface area contributed by atoms with Gasteiger partial charge in [-0.25, -0.2) is 8.42 Å². The van der Waals surface area contributed by atoms with Gasteiger partial charge >= 0.3 is 0 Å². The molecule has 3 rings (SSSR count). The number of sulfone groups is 1. The van der Waals surface area contributed by atoms with Gasteiger partial charge in [0.05, 0.1) is 18.1 Å². The van der Waals surface area contributed by atoms with Crippen LogP contribution in [0, 0.1) is 0 Å². The van der Waals surface area contributed by atoms with Crippen LogP contribution in [-0.2, 0) is 21.1 Å². The fraction of sp³-hybridized carbons (Fsp3) is 0.381. The molecule has 1 aliphatic heterocycles. The fourth-order valence-electron chi connectivity index (χ4n) is 3.46. The zero-order valence-corrected chi connectivity index (χ0v) is 16.4. The van der Waals surface area contributed by atoms with Crippen LogP contribution >= 0.6 is 0 Å². The minimum absolute atomic E-state index is 0.0123. The van der Waals surface area contributed by atoms with Crippen molar-refractivity contribution in [3.05, 3.63) is 71.8 Å². The summed E-state index contributed by atoms with van der Waals surface area (Å²) in [7, 11) is -1.30. The van der Waals surface area contributed by atoms with Crippen molar-refractivity contribution in [2.75, 3.05) is 25.1 Å². The minimum atomic E-state index is -3.00. The Kier molecular flexibility index (Phi) is 6.29. The summed E-state index contributed by atoms with van der Waals surface area (Å²) >= 11 is 0. The van der Waals surface area contributed by atoms with Gasteiger partial charge in [0.1, 0.15) is 0 Å². The Morgan fingerprint density at radius 3 is 2.33 bits per heavy atom. The van der Waals surface area contributed by atoms with Gasteiger partial charge in [-0.15, -0.1) is 0 Å². The van der Waals surface area contributed by atoms with Crippen molar-refractivity contribution >= 4 is 15.7 Å². The van der Waals surface area contributed by atoms with Gasteiger partial charge in [-0.3, -0.25) is 4.79 Å². The maximum Gasteiger partial charge on any atom is 0.236 e. The Labute approximate surface area is 161 Å². The number of rotatable bonds is 7. The lowest BCUT2D eigenvalue weighted by molar-refractivity contribution is -0.130. The molecule has 2 aromatic rings. The van der Waals surface area contributed by atoms with Gasteiger partial charge in [-0.2, -0.15) is 0 Å². The van der Waals surface area contributed by atoms with E-state index < -0.39 is 9.84 Å². The summed E-state index contributed by atoms with van der Waals surface area (Å²) in [6.45, 7) is 0.180. The SMILES string of the molecule is CN(C(=O)CN[C@H](Cc1ccccc1)c1ccccc1)[C@H]1CCS(=O)(=O)C1. The molecule has 0 spiro atoms. The predicted molar refractivity (Wildman–Crippen MR) is 107 cm³/mol. The fourth-order valence-corrected chi connectivity index (χ4v) is 5.24. The molecule has 0 radical (unpaired) electrons. The molecule has 1 heterocycles. The van der Waals surface area contributed by atoms with Gasteiger partial charge in [0.15, 0.2) is 9.84 Å². The van der Waals surface area contributed by atoms with Gasteiger partial charge in [-0.1, -0.05) is 60.7 Å². The third-order valence-corrected chi connectivity index (χ3v) is 6.88. The Hall–Kier alpha value is -2.18. The number of benzene rings is 2. The average Bonchev–Trinajstić information content (AvgIpc) is 3.05. The maximum atomic E-state index is 12.6. The van der Waals surface area contributed by atoms with Crippen molar-refractivity contribution in [3.63, 3.8) is 0 Å². The minimum Gasteiger partial charge on any atom is -0.341 e. The zero-order chi connectivity index (χ0) is 19.3. The van der Waals surface area contributed by atoms with E-state index in [4.69, 9.17) is 0 Å². The van der Waals surface area contributed by atoms with E-state index in [1.165, 1.54) is 5.56 Å². The normalized spacial score (nSPS) is 19.5. The van der Waals surface area contributed by atoms with Gasteiger partial charge in [0.25, 0.3) is 0 Å². The molecule has 1 amide bonds. The number of likely N-dealkylation sites (N-methyl/N-ethyl adjacent to an activating group) is 1. The lowest BCUT2D eigenvalue weighted by atomic mass is 9.99. The first-order valence-corrected chi connectivity index (χ1v) is 11.0. The second-order valence-corrected chi connectivity index (χ2v) is 9.32. The molecule has 6 heteroatoms. The summed E-state index contributed by atoms with van der Waals surface area (Å²) < 4.78 is 23.3. The van der Waals surface area contributed by atoms with Crippen LogP contribution in [0.3, 0.4) is 0 Å². The Balaban J connectivity index is 1.64. The lowest BCUT2D eigenvalue weighted by Gasteiger charge is -2.25. The van der Waals surface area contributed by atoms with Crippen LogP contribution in [0.5, 0.6) is 0 Å². The third kappa shape index (κ3) is 5.40. The highest BCUT2D eigenvalue weighted by Gasteiger charge is 2.32. The summed E-state index contributed by atoms with van der Waals surface area (Å²) in [5, 5.41) is 3.37. The Morgan fingerprint density at radius 1 is 1.11 bits per heavy atom. The summed E-state index contributed by atoms with van der Waals surface area (Å²) in [5.74, 6) is 0.163. The molecule has 5 nitrogen and oxygen atoms in total. The molecule has 27 heavy (non-hydrogen) atoms. The molecule has 0 unspecified atom stereocenters. The molecule has 0 saturated carbocycles. The molecule has 1 N–H and O–H groups in total. The summed E-state index contributed by atoms with van der Waals surface area (Å²) in [6.07, 6.45) is 1.30. The molecule has 0 bridgehead atoms. The summed E-state index contributed by atoms with van der Waals surface area (Å²) in [6, 6.07) is 20.0. The van der Waals surface area contributed by atoms with Crippen LogP contribution in [0.25, 0.3) is 0 Å². The van der Waals surface area contributed by atoms with E-state index in [1.807, 2.05) is 36.4 Å². The molecular weight excluding hydrogens is 360 g/mol. The average molecular weight is 387 g/mol. The maximum absolute atomic E-state index is 12.6. The van der Waals surface area contributed by atoms with E-state index in [2.05, 4.69) is 29.6 Å². The topological polar surface area (TPSA) is 66.5 Å². The van der Waals surface area contributed by atoms with Crippen LogP contribution < -0.4 is 5.32 Å². The van der Waals surface area contributed by atoms with Crippen molar-refractivity contribution in [2.45, 2.75) is 24.9 Å². The predicted octanol–water partition coefficient (Wildman–Crippen LogP) is 2.21. The molecule has 2 atom stereocenters. The number of nitrogens with zero attached hydrogens (tertiary/aromatic N) is 1. The summed E-state index contributed by atoms with van der Waals surface area (Å²) in [5.41, 5.74) is 2.32. The van der Waals surface area contributed by atoms with E-state index in [1.54, 1.807) is 11.9 Å². The highest BCUT2D eigenvalue weighted by atomic mass is 32.2. The standard InChI is InChI=1S/C21H26N2O3S/c1-23(19-12-13-27(25,26)16-19)21(24)15-22-20(18-10-6-3-7-11-18)14-17-8-4-2-5-9-17/h2-11,19-20,22H,12-16H2,1H3/t19-,20+/m0/s1. The Bertz CT molecular complexity index is 854. The van der Waals surface area contributed by atoms with Gasteiger partial charge < -0.3 is 10.2 Å². The van der Waals surface area contributed by atoms with E-state index in [0.717, 1.165) is 12.0 Å². The number of nitrogens with one attached hydrogen (secondary N) is 1. The lowest BCUT2D eigenvalue weighted by Crippen LogP contribution is -2.43. The molecule has 1 aliphatic rings. The van der Waals surface area contributed by atoms with Gasteiger partial charge in [0, 0.05) is 19.1 Å². The molecule has 0 aliphatic carbocycles. The highest BCUT2D eigenvalue weighted by molar-refractivity contribution is 7.91.